The van der Waals surface area contributed by atoms with Crippen molar-refractivity contribution < 1.29 is 13.2 Å². The van der Waals surface area contributed by atoms with Crippen molar-refractivity contribution in [2.75, 3.05) is 31.3 Å². The Balaban J connectivity index is 2.03. The molecule has 0 aliphatic heterocycles. The molecule has 0 unspecified atom stereocenters. The van der Waals surface area contributed by atoms with Crippen LogP contribution in [-0.2, 0) is 14.8 Å². The third-order valence-corrected chi connectivity index (χ3v) is 5.46. The van der Waals surface area contributed by atoms with Crippen molar-refractivity contribution in [1.82, 2.24) is 4.31 Å². The van der Waals surface area contributed by atoms with Gasteiger partial charge >= 0.3 is 0 Å². The van der Waals surface area contributed by atoms with Gasteiger partial charge in [0.1, 0.15) is 0 Å². The average Bonchev–Trinajstić information content (AvgIpc) is 2.52. The van der Waals surface area contributed by atoms with Crippen LogP contribution >= 0.6 is 23.2 Å². The molecular formula is C16H17Cl2N3O3S. The van der Waals surface area contributed by atoms with Gasteiger partial charge in [-0.15, -0.1) is 0 Å². The summed E-state index contributed by atoms with van der Waals surface area (Å²) in [6.07, 6.45) is 0. The number of halogens is 2. The number of amides is 1. The van der Waals surface area contributed by atoms with E-state index in [1.165, 1.54) is 26.2 Å². The van der Waals surface area contributed by atoms with Gasteiger partial charge in [-0.1, -0.05) is 29.3 Å². The van der Waals surface area contributed by atoms with Gasteiger partial charge in [0.2, 0.25) is 15.9 Å². The van der Waals surface area contributed by atoms with Crippen LogP contribution in [0.3, 0.4) is 0 Å². The Hall–Kier alpha value is -1.80. The fourth-order valence-corrected chi connectivity index (χ4v) is 3.46. The van der Waals surface area contributed by atoms with E-state index in [0.717, 1.165) is 4.31 Å². The molecule has 134 valence electrons. The van der Waals surface area contributed by atoms with E-state index < -0.39 is 10.0 Å². The minimum Gasteiger partial charge on any atom is -0.376 e. The number of nitrogens with zero attached hydrogens (tertiary/aromatic N) is 1. The van der Waals surface area contributed by atoms with E-state index in [1.54, 1.807) is 30.3 Å². The van der Waals surface area contributed by atoms with E-state index in [4.69, 9.17) is 23.2 Å². The Kier molecular flexibility index (Phi) is 6.29. The number of hydrogen-bond donors (Lipinski definition) is 2. The second-order valence-electron chi connectivity index (χ2n) is 5.38. The Morgan fingerprint density at radius 1 is 1.04 bits per heavy atom. The van der Waals surface area contributed by atoms with Crippen LogP contribution in [0.1, 0.15) is 0 Å². The summed E-state index contributed by atoms with van der Waals surface area (Å²) in [7, 11) is -0.618. The highest BCUT2D eigenvalue weighted by Crippen LogP contribution is 2.22. The normalized spacial score (nSPS) is 11.4. The van der Waals surface area contributed by atoms with E-state index in [2.05, 4.69) is 10.6 Å². The zero-order valence-corrected chi connectivity index (χ0v) is 15.9. The first kappa shape index (κ1) is 19.5. The first-order valence-electron chi connectivity index (χ1n) is 7.21. The van der Waals surface area contributed by atoms with Gasteiger partial charge in [0, 0.05) is 35.5 Å². The number of sulfonamides is 1. The maximum Gasteiger partial charge on any atom is 0.243 e. The van der Waals surface area contributed by atoms with Gasteiger partial charge in [0.05, 0.1) is 11.4 Å². The van der Waals surface area contributed by atoms with E-state index in [-0.39, 0.29) is 17.3 Å². The fourth-order valence-electron chi connectivity index (χ4n) is 1.99. The van der Waals surface area contributed by atoms with E-state index in [0.29, 0.717) is 21.4 Å². The van der Waals surface area contributed by atoms with Crippen LogP contribution in [0.25, 0.3) is 0 Å². The zero-order valence-electron chi connectivity index (χ0n) is 13.6. The summed E-state index contributed by atoms with van der Waals surface area (Å²) in [6, 6.07) is 11.0. The number of hydrogen-bond acceptors (Lipinski definition) is 4. The molecule has 0 bridgehead atoms. The molecule has 0 spiro atoms. The molecule has 1 amide bonds. The van der Waals surface area contributed by atoms with Gasteiger partial charge in [-0.2, -0.15) is 0 Å². The smallest absolute Gasteiger partial charge is 0.243 e. The summed E-state index contributed by atoms with van der Waals surface area (Å²) in [5.74, 6) is -0.320. The molecule has 0 aliphatic carbocycles. The molecule has 2 rings (SSSR count). The van der Waals surface area contributed by atoms with Crippen molar-refractivity contribution in [2.45, 2.75) is 4.90 Å². The molecule has 0 radical (unpaired) electrons. The van der Waals surface area contributed by atoms with Gasteiger partial charge in [-0.3, -0.25) is 4.79 Å². The van der Waals surface area contributed by atoms with Gasteiger partial charge < -0.3 is 10.6 Å². The monoisotopic (exact) mass is 401 g/mol. The van der Waals surface area contributed by atoms with Crippen LogP contribution in [0.5, 0.6) is 0 Å². The van der Waals surface area contributed by atoms with Crippen LogP contribution in [-0.4, -0.2) is 39.3 Å². The average molecular weight is 402 g/mol. The number of carbonyl (C=O) groups is 1. The lowest BCUT2D eigenvalue weighted by Gasteiger charge is -2.13. The summed E-state index contributed by atoms with van der Waals surface area (Å²) in [6.45, 7) is -0.0460. The lowest BCUT2D eigenvalue weighted by atomic mass is 10.3. The molecule has 0 saturated carbocycles. The minimum atomic E-state index is -3.53. The van der Waals surface area contributed by atoms with Crippen molar-refractivity contribution >= 4 is 50.5 Å². The molecule has 0 atom stereocenters. The maximum absolute atomic E-state index is 12.1. The van der Waals surface area contributed by atoms with Crippen molar-refractivity contribution in [1.29, 1.82) is 0 Å². The third kappa shape index (κ3) is 5.34. The van der Waals surface area contributed by atoms with E-state index >= 15 is 0 Å². The first-order valence-corrected chi connectivity index (χ1v) is 9.40. The van der Waals surface area contributed by atoms with Crippen LogP contribution in [0.15, 0.2) is 47.4 Å². The molecule has 0 heterocycles. The zero-order chi connectivity index (χ0) is 18.6. The molecule has 0 aliphatic rings. The Labute approximate surface area is 156 Å². The van der Waals surface area contributed by atoms with Crippen molar-refractivity contribution in [2.24, 2.45) is 0 Å². The van der Waals surface area contributed by atoms with Gasteiger partial charge in [-0.05, 0) is 36.4 Å². The molecule has 0 saturated heterocycles. The summed E-state index contributed by atoms with van der Waals surface area (Å²) >= 11 is 11.8. The standard InChI is InChI=1S/C16H17Cl2N3O3S/c1-21(2)25(23,24)15-5-3-4-13(9-15)19-10-16(22)20-14-7-11(17)6-12(18)8-14/h3-9,19H,10H2,1-2H3,(H,20,22). The number of carbonyl (C=O) groups excluding carboxylic acids is 1. The summed E-state index contributed by atoms with van der Waals surface area (Å²) in [4.78, 5) is 12.2. The van der Waals surface area contributed by atoms with E-state index in [1.807, 2.05) is 0 Å². The van der Waals surface area contributed by atoms with Gasteiger partial charge in [0.25, 0.3) is 0 Å². The lowest BCUT2D eigenvalue weighted by Crippen LogP contribution is -2.23. The Morgan fingerprint density at radius 3 is 2.28 bits per heavy atom. The SMILES string of the molecule is CN(C)S(=O)(=O)c1cccc(NCC(=O)Nc2cc(Cl)cc(Cl)c2)c1. The molecule has 0 aromatic heterocycles. The highest BCUT2D eigenvalue weighted by Gasteiger charge is 2.17. The minimum absolute atomic E-state index is 0.0460. The molecule has 6 nitrogen and oxygen atoms in total. The molecule has 0 fully saturated rings. The van der Waals surface area contributed by atoms with Crippen LogP contribution < -0.4 is 10.6 Å². The predicted octanol–water partition coefficient (Wildman–Crippen LogP) is 3.29. The molecule has 25 heavy (non-hydrogen) atoms. The van der Waals surface area contributed by atoms with Crippen LogP contribution in [0, 0.1) is 0 Å². The molecule has 2 N–H and O–H groups in total. The Morgan fingerprint density at radius 2 is 1.68 bits per heavy atom. The fraction of sp³-hybridized carbons (Fsp3) is 0.188. The Bertz CT molecular complexity index is 866. The highest BCUT2D eigenvalue weighted by molar-refractivity contribution is 7.89. The second kappa shape index (κ2) is 8.05. The third-order valence-electron chi connectivity index (χ3n) is 3.21. The lowest BCUT2D eigenvalue weighted by molar-refractivity contribution is -0.114. The number of anilines is 2. The topological polar surface area (TPSA) is 78.5 Å². The number of benzene rings is 2. The van der Waals surface area contributed by atoms with Gasteiger partial charge in [0.15, 0.2) is 0 Å². The summed E-state index contributed by atoms with van der Waals surface area (Å²) in [5.41, 5.74) is 0.996. The first-order chi connectivity index (χ1) is 11.7. The second-order valence-corrected chi connectivity index (χ2v) is 8.40. The van der Waals surface area contributed by atoms with Crippen LogP contribution in [0.2, 0.25) is 10.0 Å². The number of nitrogens with one attached hydrogen (secondary N) is 2. The van der Waals surface area contributed by atoms with Crippen molar-refractivity contribution in [3.8, 4) is 0 Å². The molecule has 9 heteroatoms. The van der Waals surface area contributed by atoms with Crippen molar-refractivity contribution in [3.63, 3.8) is 0 Å². The van der Waals surface area contributed by atoms with Crippen LogP contribution in [0.4, 0.5) is 11.4 Å². The quantitative estimate of drug-likeness (QED) is 0.777. The van der Waals surface area contributed by atoms with Gasteiger partial charge in [-0.25, -0.2) is 12.7 Å². The number of rotatable bonds is 6. The largest absolute Gasteiger partial charge is 0.376 e. The molecule has 2 aromatic rings. The summed E-state index contributed by atoms with van der Waals surface area (Å²) in [5, 5.41) is 6.37. The summed E-state index contributed by atoms with van der Waals surface area (Å²) < 4.78 is 25.4. The van der Waals surface area contributed by atoms with E-state index in [9.17, 15) is 13.2 Å². The molecule has 2 aromatic carbocycles. The predicted molar refractivity (Wildman–Crippen MR) is 101 cm³/mol. The highest BCUT2D eigenvalue weighted by atomic mass is 35.5. The van der Waals surface area contributed by atoms with Crippen molar-refractivity contribution in [3.05, 3.63) is 52.5 Å². The maximum atomic E-state index is 12.1. The molecular weight excluding hydrogens is 385 g/mol.